The van der Waals surface area contributed by atoms with Crippen LogP contribution in [0, 0.1) is 29.1 Å². The Balaban J connectivity index is 1.79. The van der Waals surface area contributed by atoms with Gasteiger partial charge in [-0.15, -0.1) is 0 Å². The topological polar surface area (TPSA) is 29.5 Å². The molecular weight excluding hydrogens is 368 g/mol. The molecule has 0 heterocycles. The lowest BCUT2D eigenvalue weighted by atomic mass is 9.60. The smallest absolute Gasteiger partial charge is 0.0613 e. The van der Waals surface area contributed by atoms with E-state index in [4.69, 9.17) is 4.74 Å². The largest absolute Gasteiger partial charge is 0.393 e. The van der Waals surface area contributed by atoms with Gasteiger partial charge in [-0.2, -0.15) is 0 Å². The van der Waals surface area contributed by atoms with E-state index in [9.17, 15) is 5.11 Å². The third-order valence-electron chi connectivity index (χ3n) is 8.60. The number of aliphatic hydroxyl groups excluding tert-OH is 1. The molecule has 2 heteroatoms. The minimum absolute atomic E-state index is 0.197. The van der Waals surface area contributed by atoms with Crippen molar-refractivity contribution in [2.75, 3.05) is 7.11 Å². The Bertz CT molecular complexity index is 658. The Kier molecular flexibility index (Phi) is 8.07. The maximum atomic E-state index is 10.1. The van der Waals surface area contributed by atoms with E-state index < -0.39 is 0 Å². The minimum atomic E-state index is -0.197. The first kappa shape index (κ1) is 23.8. The third-order valence-corrected chi connectivity index (χ3v) is 8.60. The molecule has 1 N–H and O–H groups in total. The summed E-state index contributed by atoms with van der Waals surface area (Å²) in [6.07, 6.45) is 16.4. The molecule has 3 rings (SSSR count). The molecule has 3 saturated carbocycles. The summed E-state index contributed by atoms with van der Waals surface area (Å²) in [6, 6.07) is 0. The second kappa shape index (κ2) is 10.2. The molecule has 0 aliphatic heterocycles. The van der Waals surface area contributed by atoms with E-state index in [1.807, 2.05) is 7.11 Å². The van der Waals surface area contributed by atoms with Crippen LogP contribution in [0.15, 0.2) is 35.5 Å². The molecule has 0 aromatic heterocycles. The number of rotatable bonds is 7. The molecule has 3 aliphatic rings. The normalized spacial score (nSPS) is 38.4. The van der Waals surface area contributed by atoms with Crippen LogP contribution in [0.1, 0.15) is 91.9 Å². The van der Waals surface area contributed by atoms with Crippen molar-refractivity contribution in [3.05, 3.63) is 35.5 Å². The van der Waals surface area contributed by atoms with Gasteiger partial charge in [-0.1, -0.05) is 76.8 Å². The molecule has 6 atom stereocenters. The molecule has 0 bridgehead atoms. The molecule has 0 aromatic rings. The number of hydrogen-bond acceptors (Lipinski definition) is 2. The lowest BCUT2D eigenvalue weighted by molar-refractivity contribution is 0.000785. The Morgan fingerprint density at radius 2 is 1.97 bits per heavy atom. The Morgan fingerprint density at radius 3 is 2.67 bits per heavy atom. The van der Waals surface area contributed by atoms with Crippen molar-refractivity contribution in [1.82, 2.24) is 0 Å². The van der Waals surface area contributed by atoms with Crippen molar-refractivity contribution < 1.29 is 9.84 Å². The predicted molar refractivity (Wildman–Crippen MR) is 127 cm³/mol. The van der Waals surface area contributed by atoms with Crippen LogP contribution in [0.3, 0.4) is 0 Å². The van der Waals surface area contributed by atoms with E-state index >= 15 is 0 Å². The fourth-order valence-corrected chi connectivity index (χ4v) is 6.95. The molecular formula is C28H46O2. The van der Waals surface area contributed by atoms with Crippen LogP contribution < -0.4 is 0 Å². The maximum Gasteiger partial charge on any atom is 0.0613 e. The zero-order chi connectivity index (χ0) is 21.9. The Morgan fingerprint density at radius 1 is 1.20 bits per heavy atom. The summed E-state index contributed by atoms with van der Waals surface area (Å²) in [7, 11) is 1.93. The Hall–Kier alpha value is -0.860. The summed E-state index contributed by atoms with van der Waals surface area (Å²) in [5, 5.41) is 10.1. The van der Waals surface area contributed by atoms with Gasteiger partial charge in [0.1, 0.15) is 0 Å². The first-order valence-corrected chi connectivity index (χ1v) is 12.5. The molecule has 0 radical (unpaired) electrons. The lowest BCUT2D eigenvalue weighted by Gasteiger charge is -2.45. The summed E-state index contributed by atoms with van der Waals surface area (Å²) >= 11 is 0. The number of hydrogen-bond donors (Lipinski definition) is 1. The maximum absolute atomic E-state index is 10.1. The van der Waals surface area contributed by atoms with Crippen molar-refractivity contribution in [2.24, 2.45) is 29.1 Å². The van der Waals surface area contributed by atoms with E-state index in [0.29, 0.717) is 23.4 Å². The average Bonchev–Trinajstić information content (AvgIpc) is 3.01. The van der Waals surface area contributed by atoms with E-state index in [1.165, 1.54) is 56.1 Å². The molecule has 0 amide bonds. The van der Waals surface area contributed by atoms with Crippen LogP contribution >= 0.6 is 0 Å². The van der Waals surface area contributed by atoms with Crippen molar-refractivity contribution in [3.8, 4) is 0 Å². The van der Waals surface area contributed by atoms with E-state index in [1.54, 1.807) is 5.57 Å². The van der Waals surface area contributed by atoms with E-state index in [0.717, 1.165) is 31.1 Å². The van der Waals surface area contributed by atoms with Gasteiger partial charge in [-0.25, -0.2) is 0 Å². The number of fused-ring (bicyclic) bond motifs is 1. The molecule has 3 aliphatic carbocycles. The van der Waals surface area contributed by atoms with E-state index in [2.05, 4.69) is 46.4 Å². The fraction of sp³-hybridized carbons (Fsp3) is 0.786. The average molecular weight is 415 g/mol. The highest BCUT2D eigenvalue weighted by Crippen LogP contribution is 2.60. The van der Waals surface area contributed by atoms with Gasteiger partial charge in [0.15, 0.2) is 0 Å². The summed E-state index contributed by atoms with van der Waals surface area (Å²) in [4.78, 5) is 0. The zero-order valence-corrected chi connectivity index (χ0v) is 20.3. The second-order valence-corrected chi connectivity index (χ2v) is 11.2. The highest BCUT2D eigenvalue weighted by atomic mass is 16.5. The monoisotopic (exact) mass is 414 g/mol. The van der Waals surface area contributed by atoms with Gasteiger partial charge >= 0.3 is 0 Å². The summed E-state index contributed by atoms with van der Waals surface area (Å²) in [5.41, 5.74) is 4.44. The quantitative estimate of drug-likeness (QED) is 0.475. The molecule has 30 heavy (non-hydrogen) atoms. The zero-order valence-electron chi connectivity index (χ0n) is 20.3. The molecule has 0 aromatic carbocycles. The molecule has 3 fully saturated rings. The van der Waals surface area contributed by atoms with Gasteiger partial charge in [-0.05, 0) is 79.6 Å². The van der Waals surface area contributed by atoms with Crippen molar-refractivity contribution in [1.29, 1.82) is 0 Å². The third kappa shape index (κ3) is 5.13. The SMILES string of the molecule is C=C1CC[C@H](O)C/C1=C\C=C1/CCC[C@@]2(C)[C@@H]([C@H](C)CCCC(C)C)C(OC)C[C@@H]12. The first-order chi connectivity index (χ1) is 14.3. The van der Waals surface area contributed by atoms with Gasteiger partial charge in [0.05, 0.1) is 12.2 Å². The van der Waals surface area contributed by atoms with Crippen LogP contribution in [0.5, 0.6) is 0 Å². The Labute approximate surface area is 185 Å². The van der Waals surface area contributed by atoms with Gasteiger partial charge < -0.3 is 9.84 Å². The predicted octanol–water partition coefficient (Wildman–Crippen LogP) is 7.24. The molecule has 1 unspecified atom stereocenters. The van der Waals surface area contributed by atoms with E-state index in [-0.39, 0.29) is 6.10 Å². The molecule has 2 nitrogen and oxygen atoms in total. The van der Waals surface area contributed by atoms with Crippen LogP contribution in [-0.4, -0.2) is 24.4 Å². The lowest BCUT2D eigenvalue weighted by Crippen LogP contribution is -2.38. The van der Waals surface area contributed by atoms with Gasteiger partial charge in [0.25, 0.3) is 0 Å². The first-order valence-electron chi connectivity index (χ1n) is 12.5. The minimum Gasteiger partial charge on any atom is -0.393 e. The number of allylic oxidation sites excluding steroid dienone is 4. The van der Waals surface area contributed by atoms with Crippen molar-refractivity contribution in [2.45, 2.75) is 104 Å². The van der Waals surface area contributed by atoms with Crippen LogP contribution in [-0.2, 0) is 4.74 Å². The standard InChI is InChI=1S/C28H46O2/c1-19(2)9-7-10-21(4)27-26(30-6)18-25-22(11-8-16-28(25,27)5)13-14-23-17-24(29)15-12-20(23)3/h13-14,19,21,24-27,29H,3,7-12,15-18H2,1-2,4-6H3/b22-13+,23-14+/t21-,24+,25+,26?,27+,28-/m1/s1. The highest BCUT2D eigenvalue weighted by molar-refractivity contribution is 5.36. The summed E-state index contributed by atoms with van der Waals surface area (Å²) < 4.78 is 6.11. The van der Waals surface area contributed by atoms with Crippen molar-refractivity contribution >= 4 is 0 Å². The highest BCUT2D eigenvalue weighted by Gasteiger charge is 2.55. The number of aliphatic hydroxyl groups is 1. The fourth-order valence-electron chi connectivity index (χ4n) is 6.95. The molecule has 170 valence electrons. The molecule has 0 spiro atoms. The summed E-state index contributed by atoms with van der Waals surface area (Å²) in [5.74, 6) is 2.80. The van der Waals surface area contributed by atoms with Crippen LogP contribution in [0.4, 0.5) is 0 Å². The van der Waals surface area contributed by atoms with Gasteiger partial charge in [0.2, 0.25) is 0 Å². The van der Waals surface area contributed by atoms with Gasteiger partial charge in [-0.3, -0.25) is 0 Å². The molecule has 0 saturated heterocycles. The van der Waals surface area contributed by atoms with Crippen LogP contribution in [0.25, 0.3) is 0 Å². The second-order valence-electron chi connectivity index (χ2n) is 11.2. The number of methoxy groups -OCH3 is 1. The van der Waals surface area contributed by atoms with Crippen molar-refractivity contribution in [3.63, 3.8) is 0 Å². The summed E-state index contributed by atoms with van der Waals surface area (Å²) in [6.45, 7) is 14.0. The number of ether oxygens (including phenoxy) is 1. The van der Waals surface area contributed by atoms with Crippen LogP contribution in [0.2, 0.25) is 0 Å². The van der Waals surface area contributed by atoms with Gasteiger partial charge in [0, 0.05) is 7.11 Å².